The Kier molecular flexibility index (Phi) is 6.11. The van der Waals surface area contributed by atoms with Crippen LogP contribution in [0.1, 0.15) is 24.5 Å². The van der Waals surface area contributed by atoms with Crippen molar-refractivity contribution in [2.24, 2.45) is 0 Å². The molecule has 1 amide bonds. The van der Waals surface area contributed by atoms with Crippen LogP contribution in [0.2, 0.25) is 0 Å². The number of nitrogens with one attached hydrogen (secondary N) is 1. The van der Waals surface area contributed by atoms with Crippen LogP contribution in [0.4, 0.5) is 10.1 Å². The summed E-state index contributed by atoms with van der Waals surface area (Å²) in [5.41, 5.74) is 1.23. The second kappa shape index (κ2) is 8.28. The van der Waals surface area contributed by atoms with E-state index in [9.17, 15) is 14.0 Å². The lowest BCUT2D eigenvalue weighted by Gasteiger charge is -2.18. The summed E-state index contributed by atoms with van der Waals surface area (Å²) in [4.78, 5) is 23.0. The zero-order valence-electron chi connectivity index (χ0n) is 14.1. The first-order valence-corrected chi connectivity index (χ1v) is 7.94. The third-order valence-electron chi connectivity index (χ3n) is 3.69. The summed E-state index contributed by atoms with van der Waals surface area (Å²) in [7, 11) is 0. The molecule has 132 valence electrons. The number of amides is 1. The number of ether oxygens (including phenoxy) is 1. The number of carboxylic acids is 1. The molecule has 1 atom stereocenters. The van der Waals surface area contributed by atoms with Gasteiger partial charge in [-0.05, 0) is 42.7 Å². The van der Waals surface area contributed by atoms with Gasteiger partial charge in [0, 0.05) is 5.69 Å². The molecule has 0 heterocycles. The molecule has 0 spiro atoms. The fourth-order valence-corrected chi connectivity index (χ4v) is 2.32. The third kappa shape index (κ3) is 5.04. The largest absolute Gasteiger partial charge is 0.481 e. The molecule has 1 unspecified atom stereocenters. The van der Waals surface area contributed by atoms with Crippen LogP contribution in [-0.4, -0.2) is 23.1 Å². The van der Waals surface area contributed by atoms with Crippen LogP contribution < -0.4 is 10.1 Å². The minimum absolute atomic E-state index is 0.0636. The monoisotopic (exact) mass is 345 g/mol. The molecule has 0 aliphatic heterocycles. The van der Waals surface area contributed by atoms with E-state index in [4.69, 9.17) is 9.84 Å². The van der Waals surface area contributed by atoms with Crippen LogP contribution in [0, 0.1) is 12.7 Å². The molecule has 2 rings (SSSR count). The standard InChI is InChI=1S/C19H20FNO4/c1-3-16(25-17-7-5-4-6-12(17)2)19(24)21-14-9-8-13(10-18(22)23)15(20)11-14/h4-9,11,16H,3,10H2,1-2H3,(H,21,24)(H,22,23). The molecular weight excluding hydrogens is 325 g/mol. The number of para-hydroxylation sites is 1. The van der Waals surface area contributed by atoms with Gasteiger partial charge in [0.05, 0.1) is 6.42 Å². The van der Waals surface area contributed by atoms with Gasteiger partial charge < -0.3 is 15.2 Å². The number of aryl methyl sites for hydroxylation is 1. The summed E-state index contributed by atoms with van der Waals surface area (Å²) in [5.74, 6) is -1.56. The molecule has 0 aliphatic carbocycles. The van der Waals surface area contributed by atoms with E-state index in [0.717, 1.165) is 11.6 Å². The number of benzene rings is 2. The molecule has 6 heteroatoms. The van der Waals surface area contributed by atoms with Gasteiger partial charge in [0.2, 0.25) is 0 Å². The van der Waals surface area contributed by atoms with Gasteiger partial charge in [0.25, 0.3) is 5.91 Å². The van der Waals surface area contributed by atoms with Crippen molar-refractivity contribution < 1.29 is 23.8 Å². The summed E-state index contributed by atoms with van der Waals surface area (Å²) in [6.45, 7) is 3.70. The molecule has 0 aliphatic rings. The van der Waals surface area contributed by atoms with Crippen LogP contribution >= 0.6 is 0 Å². The Morgan fingerprint density at radius 3 is 2.56 bits per heavy atom. The first-order valence-electron chi connectivity index (χ1n) is 7.94. The van der Waals surface area contributed by atoms with Gasteiger partial charge in [-0.3, -0.25) is 9.59 Å². The maximum Gasteiger partial charge on any atom is 0.307 e. The molecule has 0 bridgehead atoms. The van der Waals surface area contributed by atoms with Crippen LogP contribution in [0.15, 0.2) is 42.5 Å². The fourth-order valence-electron chi connectivity index (χ4n) is 2.32. The van der Waals surface area contributed by atoms with Gasteiger partial charge in [0.15, 0.2) is 6.10 Å². The van der Waals surface area contributed by atoms with Gasteiger partial charge in [-0.1, -0.05) is 31.2 Å². The first kappa shape index (κ1) is 18.4. The first-order chi connectivity index (χ1) is 11.9. The second-order valence-corrected chi connectivity index (χ2v) is 5.65. The van der Waals surface area contributed by atoms with Crippen molar-refractivity contribution in [1.82, 2.24) is 0 Å². The maximum atomic E-state index is 13.9. The van der Waals surface area contributed by atoms with Gasteiger partial charge in [-0.2, -0.15) is 0 Å². The summed E-state index contributed by atoms with van der Waals surface area (Å²) >= 11 is 0. The molecule has 25 heavy (non-hydrogen) atoms. The van der Waals surface area contributed by atoms with Crippen LogP contribution in [-0.2, 0) is 16.0 Å². The Hall–Kier alpha value is -2.89. The molecule has 5 nitrogen and oxygen atoms in total. The van der Waals surface area contributed by atoms with E-state index in [2.05, 4.69) is 5.32 Å². The van der Waals surface area contributed by atoms with E-state index in [0.29, 0.717) is 12.2 Å². The summed E-state index contributed by atoms with van der Waals surface area (Å²) in [6.07, 6.45) is -0.684. The van der Waals surface area contributed by atoms with Crippen molar-refractivity contribution in [3.05, 3.63) is 59.4 Å². The minimum atomic E-state index is -1.12. The van der Waals surface area contributed by atoms with Crippen molar-refractivity contribution in [3.8, 4) is 5.75 Å². The van der Waals surface area contributed by atoms with Crippen molar-refractivity contribution in [2.45, 2.75) is 32.8 Å². The lowest BCUT2D eigenvalue weighted by molar-refractivity contribution is -0.136. The smallest absolute Gasteiger partial charge is 0.307 e. The second-order valence-electron chi connectivity index (χ2n) is 5.65. The van der Waals surface area contributed by atoms with Crippen molar-refractivity contribution in [1.29, 1.82) is 0 Å². The zero-order valence-corrected chi connectivity index (χ0v) is 14.1. The van der Waals surface area contributed by atoms with Gasteiger partial charge in [0.1, 0.15) is 11.6 Å². The molecule has 0 radical (unpaired) electrons. The highest BCUT2D eigenvalue weighted by atomic mass is 19.1. The van der Waals surface area contributed by atoms with Crippen molar-refractivity contribution >= 4 is 17.6 Å². The quantitative estimate of drug-likeness (QED) is 0.804. The highest BCUT2D eigenvalue weighted by molar-refractivity contribution is 5.94. The van der Waals surface area contributed by atoms with Crippen LogP contribution in [0.25, 0.3) is 0 Å². The Balaban J connectivity index is 2.08. The lowest BCUT2D eigenvalue weighted by Crippen LogP contribution is -2.32. The maximum absolute atomic E-state index is 13.9. The SMILES string of the molecule is CCC(Oc1ccccc1C)C(=O)Nc1ccc(CC(=O)O)c(F)c1. The predicted molar refractivity (Wildman–Crippen MR) is 92.3 cm³/mol. The number of carbonyl (C=O) groups is 2. The van der Waals surface area contributed by atoms with E-state index in [1.807, 2.05) is 32.0 Å². The zero-order chi connectivity index (χ0) is 18.4. The molecule has 0 saturated heterocycles. The van der Waals surface area contributed by atoms with E-state index in [-0.39, 0.29) is 11.3 Å². The molecule has 0 aromatic heterocycles. The summed E-state index contributed by atoms with van der Waals surface area (Å²) in [5, 5.41) is 11.3. The number of carbonyl (C=O) groups excluding carboxylic acids is 1. The lowest BCUT2D eigenvalue weighted by atomic mass is 10.1. The van der Waals surface area contributed by atoms with Crippen LogP contribution in [0.5, 0.6) is 5.75 Å². The number of hydrogen-bond donors (Lipinski definition) is 2. The Bertz CT molecular complexity index is 776. The number of anilines is 1. The normalized spacial score (nSPS) is 11.6. The highest BCUT2D eigenvalue weighted by Crippen LogP contribution is 2.20. The molecule has 0 fully saturated rings. The van der Waals surface area contributed by atoms with E-state index in [1.54, 1.807) is 6.07 Å². The predicted octanol–water partition coefficient (Wildman–Crippen LogP) is 3.56. The number of aliphatic carboxylic acids is 1. The van der Waals surface area contributed by atoms with E-state index >= 15 is 0 Å². The third-order valence-corrected chi connectivity index (χ3v) is 3.69. The van der Waals surface area contributed by atoms with Crippen molar-refractivity contribution in [2.75, 3.05) is 5.32 Å². The Labute approximate surface area is 145 Å². The number of halogens is 1. The van der Waals surface area contributed by atoms with Gasteiger partial charge >= 0.3 is 5.97 Å². The summed E-state index contributed by atoms with van der Waals surface area (Å²) in [6, 6.07) is 11.3. The molecular formula is C19H20FNO4. The van der Waals surface area contributed by atoms with E-state index < -0.39 is 30.2 Å². The average Bonchev–Trinajstić information content (AvgIpc) is 2.56. The van der Waals surface area contributed by atoms with Crippen LogP contribution in [0.3, 0.4) is 0 Å². The average molecular weight is 345 g/mol. The van der Waals surface area contributed by atoms with Gasteiger partial charge in [-0.25, -0.2) is 4.39 Å². The molecule has 2 aromatic carbocycles. The number of carboxylic acid groups (broad SMARTS) is 1. The Morgan fingerprint density at radius 2 is 1.96 bits per heavy atom. The van der Waals surface area contributed by atoms with Gasteiger partial charge in [-0.15, -0.1) is 0 Å². The van der Waals surface area contributed by atoms with E-state index in [1.165, 1.54) is 12.1 Å². The molecule has 2 N–H and O–H groups in total. The highest BCUT2D eigenvalue weighted by Gasteiger charge is 2.20. The molecule has 0 saturated carbocycles. The number of rotatable bonds is 7. The summed E-state index contributed by atoms with van der Waals surface area (Å²) < 4.78 is 19.6. The Morgan fingerprint density at radius 1 is 1.24 bits per heavy atom. The number of hydrogen-bond acceptors (Lipinski definition) is 3. The fraction of sp³-hybridized carbons (Fsp3) is 0.263. The molecule has 2 aromatic rings. The minimum Gasteiger partial charge on any atom is -0.481 e. The topological polar surface area (TPSA) is 75.6 Å². The van der Waals surface area contributed by atoms with Crippen molar-refractivity contribution in [3.63, 3.8) is 0 Å².